The van der Waals surface area contributed by atoms with Crippen molar-refractivity contribution in [3.8, 4) is 0 Å². The van der Waals surface area contributed by atoms with Gasteiger partial charge in [-0.1, -0.05) is 30.3 Å². The van der Waals surface area contributed by atoms with Crippen LogP contribution in [-0.2, 0) is 6.42 Å². The number of hydrogen-bond donors (Lipinski definition) is 2. The Labute approximate surface area is 186 Å². The minimum atomic E-state index is 0.415. The van der Waals surface area contributed by atoms with Gasteiger partial charge in [-0.15, -0.1) is 0 Å². The molecule has 0 bridgehead atoms. The van der Waals surface area contributed by atoms with E-state index in [0.717, 1.165) is 25.6 Å². The molecule has 5 rings (SSSR count). The molecule has 31 heavy (non-hydrogen) atoms. The van der Waals surface area contributed by atoms with E-state index in [9.17, 15) is 0 Å². The van der Waals surface area contributed by atoms with Crippen molar-refractivity contribution < 1.29 is 0 Å². The Bertz CT molecular complexity index is 822. The summed E-state index contributed by atoms with van der Waals surface area (Å²) in [6.45, 7) is 6.76. The molecule has 3 aliphatic heterocycles. The fourth-order valence-electron chi connectivity index (χ4n) is 5.63. The van der Waals surface area contributed by atoms with Crippen LogP contribution in [-0.4, -0.2) is 60.2 Å². The van der Waals surface area contributed by atoms with Crippen molar-refractivity contribution in [2.75, 3.05) is 44.2 Å². The van der Waals surface area contributed by atoms with Crippen molar-refractivity contribution in [1.29, 1.82) is 0 Å². The molecule has 1 aromatic carbocycles. The van der Waals surface area contributed by atoms with Crippen LogP contribution in [0.15, 0.2) is 42.6 Å². The maximum atomic E-state index is 5.01. The fourth-order valence-corrected chi connectivity index (χ4v) is 5.63. The Hall–Kier alpha value is -2.02. The van der Waals surface area contributed by atoms with Gasteiger partial charge in [0.05, 0.1) is 5.69 Å². The van der Waals surface area contributed by atoms with Crippen LogP contribution in [0.5, 0.6) is 0 Å². The summed E-state index contributed by atoms with van der Waals surface area (Å²) >= 11 is 0. The second kappa shape index (κ2) is 10.1. The molecule has 0 amide bonds. The number of aryl methyl sites for hydroxylation is 1. The normalized spacial score (nSPS) is 27.1. The van der Waals surface area contributed by atoms with Crippen LogP contribution in [0.3, 0.4) is 0 Å². The summed E-state index contributed by atoms with van der Waals surface area (Å²) in [5, 5.41) is 0. The second-order valence-corrected chi connectivity index (χ2v) is 9.43. The van der Waals surface area contributed by atoms with E-state index in [0.29, 0.717) is 17.9 Å². The highest BCUT2D eigenvalue weighted by Crippen LogP contribution is 2.31. The van der Waals surface area contributed by atoms with Gasteiger partial charge in [0.1, 0.15) is 0 Å². The maximum absolute atomic E-state index is 5.01. The molecule has 0 aliphatic carbocycles. The number of anilines is 1. The van der Waals surface area contributed by atoms with Crippen LogP contribution in [0, 0.1) is 5.92 Å². The molecule has 3 aliphatic rings. The highest BCUT2D eigenvalue weighted by molar-refractivity contribution is 5.33. The van der Waals surface area contributed by atoms with E-state index in [-0.39, 0.29) is 0 Å². The smallest absolute Gasteiger partial charge is 0.225 e. The van der Waals surface area contributed by atoms with Crippen LogP contribution in [0.25, 0.3) is 0 Å². The standard InChI is InChI=1S/C25H36N6/c1-2-8-20(9-3-1)10-6-14-30-15-7-11-21(19-30)24-22(18-27-29-24)23-12-13-26-25(28-23)31-16-4-5-17-31/h1-3,8-9,12-13,21-22,24,27,29H,4-7,10-11,14-19H2. The van der Waals surface area contributed by atoms with Crippen molar-refractivity contribution in [2.45, 2.75) is 50.5 Å². The lowest BCUT2D eigenvalue weighted by Crippen LogP contribution is -2.46. The van der Waals surface area contributed by atoms with Crippen molar-refractivity contribution in [2.24, 2.45) is 5.92 Å². The molecular weight excluding hydrogens is 384 g/mol. The summed E-state index contributed by atoms with van der Waals surface area (Å²) in [6.07, 6.45) is 9.48. The molecule has 4 heterocycles. The van der Waals surface area contributed by atoms with Gasteiger partial charge in [-0.25, -0.2) is 9.97 Å². The first kappa shape index (κ1) is 20.9. The third-order valence-corrected chi connectivity index (χ3v) is 7.29. The number of benzene rings is 1. The van der Waals surface area contributed by atoms with Crippen LogP contribution in [0.4, 0.5) is 5.95 Å². The summed E-state index contributed by atoms with van der Waals surface area (Å²) in [6, 6.07) is 13.5. The molecule has 3 unspecified atom stereocenters. The van der Waals surface area contributed by atoms with E-state index in [1.54, 1.807) is 0 Å². The average molecular weight is 421 g/mol. The third-order valence-electron chi connectivity index (χ3n) is 7.29. The maximum Gasteiger partial charge on any atom is 0.225 e. The molecule has 0 spiro atoms. The van der Waals surface area contributed by atoms with Gasteiger partial charge in [-0.3, -0.25) is 10.9 Å². The van der Waals surface area contributed by atoms with E-state index < -0.39 is 0 Å². The van der Waals surface area contributed by atoms with Gasteiger partial charge in [0.15, 0.2) is 0 Å². The molecule has 0 saturated carbocycles. The zero-order chi connectivity index (χ0) is 20.9. The summed E-state index contributed by atoms with van der Waals surface area (Å²) < 4.78 is 0. The van der Waals surface area contributed by atoms with Gasteiger partial charge in [0, 0.05) is 44.3 Å². The monoisotopic (exact) mass is 420 g/mol. The number of piperidine rings is 1. The van der Waals surface area contributed by atoms with Gasteiger partial charge >= 0.3 is 0 Å². The first-order valence-corrected chi connectivity index (χ1v) is 12.2. The van der Waals surface area contributed by atoms with Crippen molar-refractivity contribution in [3.63, 3.8) is 0 Å². The molecule has 6 nitrogen and oxygen atoms in total. The number of aromatic nitrogens is 2. The molecule has 3 saturated heterocycles. The van der Waals surface area contributed by atoms with E-state index in [1.807, 2.05) is 6.20 Å². The summed E-state index contributed by atoms with van der Waals surface area (Å²) in [5.74, 6) is 2.00. The molecule has 3 fully saturated rings. The summed E-state index contributed by atoms with van der Waals surface area (Å²) in [7, 11) is 0. The van der Waals surface area contributed by atoms with Gasteiger partial charge < -0.3 is 9.80 Å². The topological polar surface area (TPSA) is 56.3 Å². The van der Waals surface area contributed by atoms with Crippen LogP contribution < -0.4 is 15.8 Å². The average Bonchev–Trinajstić information content (AvgIpc) is 3.53. The van der Waals surface area contributed by atoms with E-state index in [4.69, 9.17) is 4.98 Å². The molecule has 0 radical (unpaired) electrons. The Morgan fingerprint density at radius 2 is 1.87 bits per heavy atom. The zero-order valence-corrected chi connectivity index (χ0v) is 18.5. The second-order valence-electron chi connectivity index (χ2n) is 9.43. The van der Waals surface area contributed by atoms with Crippen molar-refractivity contribution in [1.82, 2.24) is 25.7 Å². The Balaban J connectivity index is 1.19. The quantitative estimate of drug-likeness (QED) is 0.718. The molecule has 2 aromatic rings. The highest BCUT2D eigenvalue weighted by Gasteiger charge is 2.37. The van der Waals surface area contributed by atoms with Gasteiger partial charge in [0.2, 0.25) is 5.95 Å². The lowest BCUT2D eigenvalue weighted by atomic mass is 9.82. The minimum Gasteiger partial charge on any atom is -0.341 e. The SMILES string of the molecule is c1ccc(CCCN2CCCC(C3NNCC3c3ccnc(N4CCCC4)n3)C2)cc1. The fraction of sp³-hybridized carbons (Fsp3) is 0.600. The number of rotatable bonds is 7. The van der Waals surface area contributed by atoms with E-state index in [2.05, 4.69) is 62.0 Å². The highest BCUT2D eigenvalue weighted by atomic mass is 15.4. The molecular formula is C25H36N6. The van der Waals surface area contributed by atoms with E-state index >= 15 is 0 Å². The van der Waals surface area contributed by atoms with Crippen molar-refractivity contribution in [3.05, 3.63) is 53.9 Å². The lowest BCUT2D eigenvalue weighted by molar-refractivity contribution is 0.144. The van der Waals surface area contributed by atoms with E-state index in [1.165, 1.54) is 69.4 Å². The molecule has 3 atom stereocenters. The summed E-state index contributed by atoms with van der Waals surface area (Å²) in [4.78, 5) is 14.6. The number of hydrogen-bond acceptors (Lipinski definition) is 6. The largest absolute Gasteiger partial charge is 0.341 e. The van der Waals surface area contributed by atoms with Gasteiger partial charge in [-0.2, -0.15) is 0 Å². The zero-order valence-electron chi connectivity index (χ0n) is 18.5. The predicted octanol–water partition coefficient (Wildman–Crippen LogP) is 2.98. The van der Waals surface area contributed by atoms with Gasteiger partial charge in [0.25, 0.3) is 0 Å². The Kier molecular flexibility index (Phi) is 6.77. The summed E-state index contributed by atoms with van der Waals surface area (Å²) in [5.41, 5.74) is 9.71. The number of nitrogens with one attached hydrogen (secondary N) is 2. The van der Waals surface area contributed by atoms with Gasteiger partial charge in [-0.05, 0) is 69.2 Å². The van der Waals surface area contributed by atoms with Crippen LogP contribution >= 0.6 is 0 Å². The Morgan fingerprint density at radius 1 is 1.00 bits per heavy atom. The molecule has 1 aromatic heterocycles. The number of hydrazine groups is 1. The van der Waals surface area contributed by atoms with Crippen LogP contribution in [0.2, 0.25) is 0 Å². The minimum absolute atomic E-state index is 0.415. The number of nitrogens with zero attached hydrogens (tertiary/aromatic N) is 4. The number of likely N-dealkylation sites (tertiary alicyclic amines) is 1. The molecule has 6 heteroatoms. The predicted molar refractivity (Wildman–Crippen MR) is 125 cm³/mol. The third kappa shape index (κ3) is 5.08. The van der Waals surface area contributed by atoms with Crippen LogP contribution in [0.1, 0.15) is 49.3 Å². The Morgan fingerprint density at radius 3 is 2.74 bits per heavy atom. The first-order chi connectivity index (χ1) is 15.4. The molecule has 2 N–H and O–H groups in total. The first-order valence-electron chi connectivity index (χ1n) is 12.2. The van der Waals surface area contributed by atoms with Crippen molar-refractivity contribution >= 4 is 5.95 Å². The molecule has 166 valence electrons. The lowest BCUT2D eigenvalue weighted by Gasteiger charge is -2.37.